The van der Waals surface area contributed by atoms with Gasteiger partial charge in [0.2, 0.25) is 10.0 Å². The van der Waals surface area contributed by atoms with Gasteiger partial charge in [-0.1, -0.05) is 6.07 Å². The quantitative estimate of drug-likeness (QED) is 0.919. The Morgan fingerprint density at radius 1 is 1.23 bits per heavy atom. The van der Waals surface area contributed by atoms with Gasteiger partial charge in [0.05, 0.1) is 4.90 Å². The minimum atomic E-state index is -3.51. The lowest BCUT2D eigenvalue weighted by Gasteiger charge is -2.35. The summed E-state index contributed by atoms with van der Waals surface area (Å²) in [5.74, 6) is 0. The maximum absolute atomic E-state index is 13.1. The lowest BCUT2D eigenvalue weighted by atomic mass is 10.1. The fourth-order valence-corrected chi connectivity index (χ4v) is 4.78. The van der Waals surface area contributed by atoms with Crippen LogP contribution in [0, 0.1) is 0 Å². The predicted molar refractivity (Wildman–Crippen MR) is 87.2 cm³/mol. The second-order valence-electron chi connectivity index (χ2n) is 6.30. The van der Waals surface area contributed by atoms with Crippen molar-refractivity contribution in [1.82, 2.24) is 14.6 Å². The van der Waals surface area contributed by atoms with E-state index >= 15 is 0 Å². The van der Waals surface area contributed by atoms with Crippen LogP contribution in [0.1, 0.15) is 20.3 Å². The van der Waals surface area contributed by atoms with Crippen LogP contribution in [-0.2, 0) is 10.0 Å². The fraction of sp³-hybridized carbons (Fsp3) is 0.438. The largest absolute Gasteiger partial charge is 0.315 e. The average molecular weight is 319 g/mol. The van der Waals surface area contributed by atoms with Crippen LogP contribution in [0.5, 0.6) is 0 Å². The number of benzene rings is 1. The van der Waals surface area contributed by atoms with Gasteiger partial charge in [0.25, 0.3) is 0 Å². The van der Waals surface area contributed by atoms with E-state index < -0.39 is 15.6 Å². The fourth-order valence-electron chi connectivity index (χ4n) is 2.93. The number of rotatable bonds is 2. The van der Waals surface area contributed by atoms with E-state index in [1.165, 1.54) is 0 Å². The molecule has 0 unspecified atom stereocenters. The first-order valence-electron chi connectivity index (χ1n) is 7.49. The molecular formula is C16H21N3O2S. The van der Waals surface area contributed by atoms with Crippen LogP contribution in [0.4, 0.5) is 0 Å². The van der Waals surface area contributed by atoms with E-state index in [9.17, 15) is 8.42 Å². The lowest BCUT2D eigenvalue weighted by molar-refractivity contribution is 0.242. The average Bonchev–Trinajstić information content (AvgIpc) is 2.67. The van der Waals surface area contributed by atoms with Crippen LogP contribution in [0.3, 0.4) is 0 Å². The highest BCUT2D eigenvalue weighted by Crippen LogP contribution is 2.27. The second kappa shape index (κ2) is 5.61. The molecule has 0 radical (unpaired) electrons. The maximum Gasteiger partial charge on any atom is 0.243 e. The van der Waals surface area contributed by atoms with Crippen molar-refractivity contribution in [2.75, 3.05) is 19.6 Å². The number of aromatic nitrogens is 1. The van der Waals surface area contributed by atoms with E-state index in [-0.39, 0.29) is 0 Å². The Balaban J connectivity index is 2.06. The van der Waals surface area contributed by atoms with Crippen molar-refractivity contribution in [3.63, 3.8) is 0 Å². The molecule has 1 fully saturated rings. The number of nitrogens with zero attached hydrogens (tertiary/aromatic N) is 2. The molecule has 2 aromatic rings. The van der Waals surface area contributed by atoms with Crippen molar-refractivity contribution < 1.29 is 8.42 Å². The zero-order valence-corrected chi connectivity index (χ0v) is 13.7. The SMILES string of the molecule is CC1(C)CNCCCN1S(=O)(=O)c1ccc2cnccc2c1. The molecule has 0 saturated carbocycles. The molecule has 1 N–H and O–H groups in total. The smallest absolute Gasteiger partial charge is 0.243 e. The van der Waals surface area contributed by atoms with Gasteiger partial charge in [0.15, 0.2) is 0 Å². The van der Waals surface area contributed by atoms with E-state index in [0.717, 1.165) is 23.7 Å². The number of nitrogens with one attached hydrogen (secondary N) is 1. The Hall–Kier alpha value is -1.50. The third-order valence-electron chi connectivity index (χ3n) is 4.15. The summed E-state index contributed by atoms with van der Waals surface area (Å²) in [6.45, 7) is 5.97. The zero-order chi connectivity index (χ0) is 15.8. The van der Waals surface area contributed by atoms with Crippen molar-refractivity contribution >= 4 is 20.8 Å². The molecule has 3 rings (SSSR count). The molecule has 0 amide bonds. The minimum Gasteiger partial charge on any atom is -0.315 e. The van der Waals surface area contributed by atoms with E-state index in [2.05, 4.69) is 10.3 Å². The molecule has 0 spiro atoms. The van der Waals surface area contributed by atoms with Crippen molar-refractivity contribution in [2.45, 2.75) is 30.7 Å². The van der Waals surface area contributed by atoms with Gasteiger partial charge in [0, 0.05) is 36.4 Å². The molecule has 6 heteroatoms. The van der Waals surface area contributed by atoms with Gasteiger partial charge >= 0.3 is 0 Å². The van der Waals surface area contributed by atoms with Crippen molar-refractivity contribution in [3.05, 3.63) is 36.7 Å². The van der Waals surface area contributed by atoms with Gasteiger partial charge in [-0.3, -0.25) is 4.98 Å². The summed E-state index contributed by atoms with van der Waals surface area (Å²) in [6, 6.07) is 7.07. The van der Waals surface area contributed by atoms with Crippen LogP contribution in [0.25, 0.3) is 10.8 Å². The maximum atomic E-state index is 13.1. The number of hydrogen-bond acceptors (Lipinski definition) is 4. The first-order valence-corrected chi connectivity index (χ1v) is 8.93. The highest BCUT2D eigenvalue weighted by Gasteiger charge is 2.37. The number of pyridine rings is 1. The highest BCUT2D eigenvalue weighted by atomic mass is 32.2. The standard InChI is InChI=1S/C16H21N3O2S/c1-16(2)12-18-7-3-9-19(16)22(20,21)15-5-4-14-11-17-8-6-13(14)10-15/h4-6,8,10-11,18H,3,7,9,12H2,1-2H3. The molecule has 0 bridgehead atoms. The van der Waals surface area contributed by atoms with E-state index in [1.54, 1.807) is 28.8 Å². The molecular weight excluding hydrogens is 298 g/mol. The van der Waals surface area contributed by atoms with Gasteiger partial charge < -0.3 is 5.32 Å². The Morgan fingerprint density at radius 3 is 2.86 bits per heavy atom. The van der Waals surface area contributed by atoms with E-state index in [0.29, 0.717) is 18.0 Å². The topological polar surface area (TPSA) is 62.3 Å². The van der Waals surface area contributed by atoms with E-state index in [1.807, 2.05) is 26.0 Å². The summed E-state index contributed by atoms with van der Waals surface area (Å²) in [4.78, 5) is 4.41. The molecule has 1 aromatic heterocycles. The van der Waals surface area contributed by atoms with Gasteiger partial charge in [-0.15, -0.1) is 0 Å². The van der Waals surface area contributed by atoms with Crippen molar-refractivity contribution in [3.8, 4) is 0 Å². The first kappa shape index (κ1) is 15.4. The van der Waals surface area contributed by atoms with Gasteiger partial charge in [-0.05, 0) is 50.4 Å². The van der Waals surface area contributed by atoms with Crippen molar-refractivity contribution in [1.29, 1.82) is 0 Å². The molecule has 22 heavy (non-hydrogen) atoms. The monoisotopic (exact) mass is 319 g/mol. The highest BCUT2D eigenvalue weighted by molar-refractivity contribution is 7.89. The second-order valence-corrected chi connectivity index (χ2v) is 8.17. The third kappa shape index (κ3) is 2.74. The Kier molecular flexibility index (Phi) is 3.92. The molecule has 0 atom stereocenters. The van der Waals surface area contributed by atoms with Crippen LogP contribution in [0.2, 0.25) is 0 Å². The molecule has 1 aliphatic rings. The Labute approximate surface area is 131 Å². The number of sulfonamides is 1. The number of fused-ring (bicyclic) bond motifs is 1. The van der Waals surface area contributed by atoms with Crippen LogP contribution in [-0.4, -0.2) is 42.9 Å². The Bertz CT molecular complexity index is 787. The van der Waals surface area contributed by atoms with Gasteiger partial charge in [-0.2, -0.15) is 4.31 Å². The molecule has 5 nitrogen and oxygen atoms in total. The summed E-state index contributed by atoms with van der Waals surface area (Å²) in [6.07, 6.45) is 4.24. The molecule has 1 aromatic carbocycles. The van der Waals surface area contributed by atoms with Crippen molar-refractivity contribution in [2.24, 2.45) is 0 Å². The van der Waals surface area contributed by atoms with Crippen LogP contribution in [0.15, 0.2) is 41.6 Å². The molecule has 118 valence electrons. The molecule has 1 aliphatic heterocycles. The first-order chi connectivity index (χ1) is 10.4. The molecule has 1 saturated heterocycles. The predicted octanol–water partition coefficient (Wildman–Crippen LogP) is 2.00. The molecule has 0 aliphatic carbocycles. The molecule has 2 heterocycles. The number of hydrogen-bond donors (Lipinski definition) is 1. The van der Waals surface area contributed by atoms with Gasteiger partial charge in [-0.25, -0.2) is 8.42 Å². The summed E-state index contributed by atoms with van der Waals surface area (Å²) >= 11 is 0. The minimum absolute atomic E-state index is 0.348. The van der Waals surface area contributed by atoms with Gasteiger partial charge in [0.1, 0.15) is 0 Å². The Morgan fingerprint density at radius 2 is 2.05 bits per heavy atom. The summed E-state index contributed by atoms with van der Waals surface area (Å²) in [7, 11) is -3.51. The normalized spacial score (nSPS) is 19.9. The lowest BCUT2D eigenvalue weighted by Crippen LogP contribution is -2.51. The van der Waals surface area contributed by atoms with E-state index in [4.69, 9.17) is 0 Å². The third-order valence-corrected chi connectivity index (χ3v) is 6.25. The van der Waals surface area contributed by atoms with Crippen LogP contribution >= 0.6 is 0 Å². The zero-order valence-electron chi connectivity index (χ0n) is 12.9. The summed E-state index contributed by atoms with van der Waals surface area (Å²) in [5, 5.41) is 5.14. The summed E-state index contributed by atoms with van der Waals surface area (Å²) < 4.78 is 27.8. The van der Waals surface area contributed by atoms with Crippen LogP contribution < -0.4 is 5.32 Å². The summed E-state index contributed by atoms with van der Waals surface area (Å²) in [5.41, 5.74) is -0.442.